The van der Waals surface area contributed by atoms with E-state index < -0.39 is 5.97 Å². The van der Waals surface area contributed by atoms with Crippen molar-refractivity contribution in [2.75, 3.05) is 17.2 Å². The molecule has 0 saturated heterocycles. The summed E-state index contributed by atoms with van der Waals surface area (Å²) in [5, 5.41) is 16.2. The zero-order valence-corrected chi connectivity index (χ0v) is 17.6. The molecule has 6 nitrogen and oxygen atoms in total. The van der Waals surface area contributed by atoms with Gasteiger partial charge < -0.3 is 15.7 Å². The van der Waals surface area contributed by atoms with E-state index in [4.69, 9.17) is 0 Å². The summed E-state index contributed by atoms with van der Waals surface area (Å²) in [6.45, 7) is 0.816. The Bertz CT molecular complexity index is 1020. The Balaban J connectivity index is 1.54. The fourth-order valence-electron chi connectivity index (χ4n) is 4.09. The van der Waals surface area contributed by atoms with Crippen LogP contribution in [0.5, 0.6) is 0 Å². The Morgan fingerprint density at radius 3 is 2.52 bits per heavy atom. The van der Waals surface area contributed by atoms with Crippen molar-refractivity contribution in [1.29, 1.82) is 0 Å². The van der Waals surface area contributed by atoms with Gasteiger partial charge in [0.1, 0.15) is 5.56 Å². The lowest BCUT2D eigenvalue weighted by Crippen LogP contribution is -2.19. The Kier molecular flexibility index (Phi) is 6.77. The van der Waals surface area contributed by atoms with Gasteiger partial charge in [0.25, 0.3) is 0 Å². The summed E-state index contributed by atoms with van der Waals surface area (Å²) < 4.78 is 0. The van der Waals surface area contributed by atoms with Crippen LogP contribution in [0, 0.1) is 5.92 Å². The predicted octanol–water partition coefficient (Wildman–Crippen LogP) is 5.50. The second-order valence-electron chi connectivity index (χ2n) is 8.09. The highest BCUT2D eigenvalue weighted by molar-refractivity contribution is 5.94. The average molecular weight is 417 g/mol. The smallest absolute Gasteiger partial charge is 0.341 e. The highest BCUT2D eigenvalue weighted by atomic mass is 16.4. The van der Waals surface area contributed by atoms with Crippen molar-refractivity contribution < 1.29 is 9.90 Å². The normalized spacial score (nSPS) is 14.2. The molecule has 6 heteroatoms. The van der Waals surface area contributed by atoms with Gasteiger partial charge in [0.15, 0.2) is 5.82 Å². The molecule has 0 amide bonds. The third-order valence-electron chi connectivity index (χ3n) is 5.80. The molecule has 1 heterocycles. The molecule has 31 heavy (non-hydrogen) atoms. The summed E-state index contributed by atoms with van der Waals surface area (Å²) in [7, 11) is 0. The Labute approximate surface area is 182 Å². The van der Waals surface area contributed by atoms with E-state index in [0.29, 0.717) is 17.7 Å². The first-order chi connectivity index (χ1) is 15.2. The van der Waals surface area contributed by atoms with Gasteiger partial charge in [0, 0.05) is 18.4 Å². The zero-order valence-electron chi connectivity index (χ0n) is 17.6. The van der Waals surface area contributed by atoms with Crippen LogP contribution in [-0.2, 0) is 6.42 Å². The van der Waals surface area contributed by atoms with E-state index in [0.717, 1.165) is 24.2 Å². The molecule has 1 aromatic heterocycles. The summed E-state index contributed by atoms with van der Waals surface area (Å²) in [4.78, 5) is 20.5. The largest absolute Gasteiger partial charge is 0.477 e. The van der Waals surface area contributed by atoms with Gasteiger partial charge in [-0.15, -0.1) is 0 Å². The number of hydrogen-bond acceptors (Lipinski definition) is 5. The van der Waals surface area contributed by atoms with E-state index in [9.17, 15) is 9.90 Å². The third-order valence-corrected chi connectivity index (χ3v) is 5.80. The van der Waals surface area contributed by atoms with Crippen molar-refractivity contribution in [1.82, 2.24) is 9.97 Å². The number of hydrogen-bond donors (Lipinski definition) is 3. The third kappa shape index (κ3) is 5.60. The Hall–Kier alpha value is -3.41. The lowest BCUT2D eigenvalue weighted by Gasteiger charge is -2.22. The highest BCUT2D eigenvalue weighted by Crippen LogP contribution is 2.26. The topological polar surface area (TPSA) is 87.1 Å². The number of aromatic nitrogens is 2. The number of nitrogens with one attached hydrogen (secondary N) is 2. The van der Waals surface area contributed by atoms with Crippen LogP contribution in [0.15, 0.2) is 60.8 Å². The van der Waals surface area contributed by atoms with E-state index in [-0.39, 0.29) is 5.56 Å². The molecular weight excluding hydrogens is 388 g/mol. The molecule has 1 aliphatic carbocycles. The van der Waals surface area contributed by atoms with Gasteiger partial charge in [-0.1, -0.05) is 67.8 Å². The number of carboxylic acid groups (broad SMARTS) is 1. The van der Waals surface area contributed by atoms with Crippen molar-refractivity contribution in [3.63, 3.8) is 0 Å². The zero-order chi connectivity index (χ0) is 21.5. The van der Waals surface area contributed by atoms with Crippen molar-refractivity contribution >= 4 is 23.4 Å². The SMILES string of the molecule is O=C(O)c1cnc(NCC2CCCCC2)nc1Nc1ccccc1Cc1ccccc1. The molecule has 1 aliphatic rings. The molecule has 2 aromatic carbocycles. The van der Waals surface area contributed by atoms with Gasteiger partial charge in [-0.25, -0.2) is 9.78 Å². The van der Waals surface area contributed by atoms with Crippen LogP contribution in [0.3, 0.4) is 0 Å². The maximum atomic E-state index is 11.8. The predicted molar refractivity (Wildman–Crippen MR) is 123 cm³/mol. The second kappa shape index (κ2) is 10.1. The molecule has 3 N–H and O–H groups in total. The maximum Gasteiger partial charge on any atom is 0.341 e. The van der Waals surface area contributed by atoms with Gasteiger partial charge in [0.2, 0.25) is 5.95 Å². The fraction of sp³-hybridized carbons (Fsp3) is 0.320. The second-order valence-corrected chi connectivity index (χ2v) is 8.09. The van der Waals surface area contributed by atoms with Gasteiger partial charge in [-0.05, 0) is 42.4 Å². The van der Waals surface area contributed by atoms with Crippen molar-refractivity contribution in [3.8, 4) is 0 Å². The first-order valence-corrected chi connectivity index (χ1v) is 10.9. The summed E-state index contributed by atoms with van der Waals surface area (Å²) in [5.41, 5.74) is 3.15. The maximum absolute atomic E-state index is 11.8. The van der Waals surface area contributed by atoms with Crippen LogP contribution in [0.2, 0.25) is 0 Å². The average Bonchev–Trinajstić information content (AvgIpc) is 2.80. The number of rotatable bonds is 8. The number of para-hydroxylation sites is 1. The lowest BCUT2D eigenvalue weighted by molar-refractivity contribution is 0.0697. The molecule has 0 atom stereocenters. The van der Waals surface area contributed by atoms with Gasteiger partial charge in [0.05, 0.1) is 0 Å². The van der Waals surface area contributed by atoms with Gasteiger partial charge in [-0.3, -0.25) is 0 Å². The summed E-state index contributed by atoms with van der Waals surface area (Å²) in [6.07, 6.45) is 8.42. The number of carboxylic acids is 1. The number of anilines is 3. The number of aromatic carboxylic acids is 1. The lowest BCUT2D eigenvalue weighted by atomic mass is 9.89. The van der Waals surface area contributed by atoms with E-state index in [1.165, 1.54) is 43.9 Å². The summed E-state index contributed by atoms with van der Waals surface area (Å²) in [6, 6.07) is 18.1. The van der Waals surface area contributed by atoms with E-state index in [2.05, 4.69) is 32.7 Å². The minimum atomic E-state index is -1.05. The molecule has 4 rings (SSSR count). The molecule has 1 saturated carbocycles. The molecule has 0 aliphatic heterocycles. The van der Waals surface area contributed by atoms with E-state index in [1.54, 1.807) is 0 Å². The molecule has 0 spiro atoms. The van der Waals surface area contributed by atoms with Crippen molar-refractivity contribution in [2.45, 2.75) is 38.5 Å². The Morgan fingerprint density at radius 1 is 1.00 bits per heavy atom. The number of benzene rings is 2. The van der Waals surface area contributed by atoms with Crippen molar-refractivity contribution in [3.05, 3.63) is 77.5 Å². The minimum absolute atomic E-state index is 0.0535. The van der Waals surface area contributed by atoms with Crippen LogP contribution >= 0.6 is 0 Å². The molecule has 0 radical (unpaired) electrons. The first-order valence-electron chi connectivity index (χ1n) is 10.9. The standard InChI is InChI=1S/C25H28N4O2/c30-24(31)21-17-27-25(26-16-19-11-5-2-6-12-19)29-23(21)28-22-14-8-7-13-20(22)15-18-9-3-1-4-10-18/h1,3-4,7-10,13-14,17,19H,2,5-6,11-12,15-16H2,(H,30,31)(H2,26,27,28,29). The molecule has 0 bridgehead atoms. The molecule has 3 aromatic rings. The Morgan fingerprint density at radius 2 is 1.74 bits per heavy atom. The van der Waals surface area contributed by atoms with Crippen LogP contribution in [0.1, 0.15) is 53.6 Å². The fourth-order valence-corrected chi connectivity index (χ4v) is 4.09. The van der Waals surface area contributed by atoms with Gasteiger partial charge >= 0.3 is 5.97 Å². The van der Waals surface area contributed by atoms with Crippen LogP contribution < -0.4 is 10.6 Å². The highest BCUT2D eigenvalue weighted by Gasteiger charge is 2.17. The molecule has 160 valence electrons. The molecule has 1 fully saturated rings. The van der Waals surface area contributed by atoms with E-state index in [1.807, 2.05) is 42.5 Å². The van der Waals surface area contributed by atoms with Gasteiger partial charge in [-0.2, -0.15) is 4.98 Å². The minimum Gasteiger partial charge on any atom is -0.477 e. The molecule has 0 unspecified atom stereocenters. The molecular formula is C25H28N4O2. The monoisotopic (exact) mass is 416 g/mol. The number of nitrogens with zero attached hydrogens (tertiary/aromatic N) is 2. The van der Waals surface area contributed by atoms with Crippen molar-refractivity contribution in [2.24, 2.45) is 5.92 Å². The first kappa shape index (κ1) is 20.8. The van der Waals surface area contributed by atoms with Crippen LogP contribution in [-0.4, -0.2) is 27.6 Å². The number of carbonyl (C=O) groups is 1. The quantitative estimate of drug-likeness (QED) is 0.449. The van der Waals surface area contributed by atoms with E-state index >= 15 is 0 Å². The summed E-state index contributed by atoms with van der Waals surface area (Å²) in [5.74, 6) is 0.328. The summed E-state index contributed by atoms with van der Waals surface area (Å²) >= 11 is 0. The van der Waals surface area contributed by atoms with Crippen LogP contribution in [0.25, 0.3) is 0 Å². The van der Waals surface area contributed by atoms with Crippen LogP contribution in [0.4, 0.5) is 17.5 Å².